The van der Waals surface area contributed by atoms with E-state index in [-0.39, 0.29) is 11.9 Å². The predicted molar refractivity (Wildman–Crippen MR) is 123 cm³/mol. The van der Waals surface area contributed by atoms with Crippen molar-refractivity contribution < 1.29 is 4.79 Å². The standard InChI is InChI=1S/C25H34N4O/c1-20(2)27-14-16-28(17-15-27)23-11-9-22(10-12-23)25(30)29-18-13-26(3)19-24(29)21-7-5-4-6-8-21/h4-12,20,24H,13-19H2,1-3H3/t24-/m0/s1. The number of nitrogens with zero attached hydrogens (tertiary/aromatic N) is 4. The van der Waals surface area contributed by atoms with Crippen LogP contribution >= 0.6 is 0 Å². The van der Waals surface area contributed by atoms with Crippen molar-refractivity contribution in [2.24, 2.45) is 0 Å². The number of rotatable bonds is 4. The average Bonchev–Trinajstić information content (AvgIpc) is 2.79. The molecule has 0 aromatic heterocycles. The van der Waals surface area contributed by atoms with Crippen molar-refractivity contribution in [3.05, 3.63) is 65.7 Å². The number of carbonyl (C=O) groups is 1. The lowest BCUT2D eigenvalue weighted by Gasteiger charge is -2.40. The molecular formula is C25H34N4O. The maximum absolute atomic E-state index is 13.4. The summed E-state index contributed by atoms with van der Waals surface area (Å²) in [6, 6.07) is 19.4. The number of anilines is 1. The van der Waals surface area contributed by atoms with Crippen LogP contribution in [0.1, 0.15) is 35.8 Å². The van der Waals surface area contributed by atoms with E-state index in [1.54, 1.807) is 0 Å². The van der Waals surface area contributed by atoms with Gasteiger partial charge in [0.05, 0.1) is 6.04 Å². The first-order chi connectivity index (χ1) is 14.5. The average molecular weight is 407 g/mol. The van der Waals surface area contributed by atoms with Gasteiger partial charge in [-0.25, -0.2) is 0 Å². The fraction of sp³-hybridized carbons (Fsp3) is 0.480. The maximum Gasteiger partial charge on any atom is 0.254 e. The molecular weight excluding hydrogens is 372 g/mol. The highest BCUT2D eigenvalue weighted by molar-refractivity contribution is 5.95. The van der Waals surface area contributed by atoms with Crippen LogP contribution in [0.25, 0.3) is 0 Å². The number of hydrogen-bond donors (Lipinski definition) is 0. The quantitative estimate of drug-likeness (QED) is 0.779. The van der Waals surface area contributed by atoms with Gasteiger partial charge >= 0.3 is 0 Å². The molecule has 0 radical (unpaired) electrons. The molecule has 30 heavy (non-hydrogen) atoms. The SMILES string of the molecule is CC(C)N1CCN(c2ccc(C(=O)N3CCN(C)C[C@H]3c3ccccc3)cc2)CC1. The molecule has 2 heterocycles. The van der Waals surface area contributed by atoms with E-state index < -0.39 is 0 Å². The first-order valence-corrected chi connectivity index (χ1v) is 11.2. The van der Waals surface area contributed by atoms with Crippen molar-refractivity contribution in [3.8, 4) is 0 Å². The molecule has 2 saturated heterocycles. The summed E-state index contributed by atoms with van der Waals surface area (Å²) in [5, 5.41) is 0. The summed E-state index contributed by atoms with van der Waals surface area (Å²) in [5.74, 6) is 0.133. The van der Waals surface area contributed by atoms with Gasteiger partial charge < -0.3 is 14.7 Å². The van der Waals surface area contributed by atoms with Crippen LogP contribution in [-0.4, -0.2) is 79.5 Å². The number of benzene rings is 2. The Morgan fingerprint density at radius 3 is 2.17 bits per heavy atom. The van der Waals surface area contributed by atoms with Gasteiger partial charge in [0.1, 0.15) is 0 Å². The van der Waals surface area contributed by atoms with Crippen molar-refractivity contribution in [2.75, 3.05) is 57.8 Å². The molecule has 0 unspecified atom stereocenters. The molecule has 4 rings (SSSR count). The van der Waals surface area contributed by atoms with E-state index in [4.69, 9.17) is 0 Å². The zero-order chi connectivity index (χ0) is 21.1. The predicted octanol–water partition coefficient (Wildman–Crippen LogP) is 3.35. The Hall–Kier alpha value is -2.37. The Kier molecular flexibility index (Phi) is 6.40. The Labute approximate surface area is 180 Å². The van der Waals surface area contributed by atoms with Gasteiger partial charge in [-0.3, -0.25) is 9.69 Å². The van der Waals surface area contributed by atoms with E-state index >= 15 is 0 Å². The zero-order valence-electron chi connectivity index (χ0n) is 18.5. The fourth-order valence-corrected chi connectivity index (χ4v) is 4.60. The van der Waals surface area contributed by atoms with Gasteiger partial charge in [-0.1, -0.05) is 30.3 Å². The van der Waals surface area contributed by atoms with Gasteiger partial charge in [-0.15, -0.1) is 0 Å². The minimum absolute atomic E-state index is 0.0984. The Balaban J connectivity index is 1.46. The van der Waals surface area contributed by atoms with Crippen LogP contribution in [0.2, 0.25) is 0 Å². The second-order valence-electron chi connectivity index (χ2n) is 8.85. The van der Waals surface area contributed by atoms with Crippen molar-refractivity contribution >= 4 is 11.6 Å². The summed E-state index contributed by atoms with van der Waals surface area (Å²) in [7, 11) is 2.13. The van der Waals surface area contributed by atoms with Crippen LogP contribution in [0, 0.1) is 0 Å². The smallest absolute Gasteiger partial charge is 0.254 e. The molecule has 2 aromatic rings. The molecule has 2 aromatic carbocycles. The summed E-state index contributed by atoms with van der Waals surface area (Å²) in [6.07, 6.45) is 0. The largest absolute Gasteiger partial charge is 0.369 e. The summed E-state index contributed by atoms with van der Waals surface area (Å²) < 4.78 is 0. The van der Waals surface area contributed by atoms with Crippen molar-refractivity contribution in [1.82, 2.24) is 14.7 Å². The molecule has 5 nitrogen and oxygen atoms in total. The summed E-state index contributed by atoms with van der Waals surface area (Å²) >= 11 is 0. The first-order valence-electron chi connectivity index (χ1n) is 11.2. The van der Waals surface area contributed by atoms with Crippen LogP contribution < -0.4 is 4.90 Å². The molecule has 160 valence electrons. The van der Waals surface area contributed by atoms with Crippen molar-refractivity contribution in [3.63, 3.8) is 0 Å². The molecule has 2 aliphatic rings. The van der Waals surface area contributed by atoms with Crippen LogP contribution in [-0.2, 0) is 0 Å². The lowest BCUT2D eigenvalue weighted by Crippen LogP contribution is -2.49. The van der Waals surface area contributed by atoms with E-state index in [0.717, 1.165) is 51.4 Å². The summed E-state index contributed by atoms with van der Waals surface area (Å²) in [5.41, 5.74) is 3.20. The molecule has 0 aliphatic carbocycles. The van der Waals surface area contributed by atoms with Crippen molar-refractivity contribution in [2.45, 2.75) is 25.9 Å². The second kappa shape index (κ2) is 9.19. The molecule has 5 heteroatoms. The molecule has 0 spiro atoms. The van der Waals surface area contributed by atoms with E-state index in [1.807, 2.05) is 23.1 Å². The van der Waals surface area contributed by atoms with Crippen LogP contribution in [0.4, 0.5) is 5.69 Å². The molecule has 0 saturated carbocycles. The summed E-state index contributed by atoms with van der Waals surface area (Å²) in [4.78, 5) is 22.7. The van der Waals surface area contributed by atoms with E-state index in [9.17, 15) is 4.79 Å². The van der Waals surface area contributed by atoms with Crippen LogP contribution in [0.3, 0.4) is 0 Å². The van der Waals surface area contributed by atoms with Gasteiger partial charge in [-0.05, 0) is 50.7 Å². The van der Waals surface area contributed by atoms with Crippen LogP contribution in [0.15, 0.2) is 54.6 Å². The lowest BCUT2D eigenvalue weighted by molar-refractivity contribution is 0.0498. The Morgan fingerprint density at radius 2 is 1.53 bits per heavy atom. The lowest BCUT2D eigenvalue weighted by atomic mass is 10.0. The van der Waals surface area contributed by atoms with Gasteiger partial charge in [0.25, 0.3) is 5.91 Å². The van der Waals surface area contributed by atoms with E-state index in [1.165, 1.54) is 11.3 Å². The molecule has 0 bridgehead atoms. The van der Waals surface area contributed by atoms with Gasteiger partial charge in [-0.2, -0.15) is 0 Å². The van der Waals surface area contributed by atoms with Crippen LogP contribution in [0.5, 0.6) is 0 Å². The van der Waals surface area contributed by atoms with Gasteiger partial charge in [0.2, 0.25) is 0 Å². The Bertz CT molecular complexity index is 828. The normalized spacial score (nSPS) is 21.3. The monoisotopic (exact) mass is 406 g/mol. The molecule has 1 amide bonds. The highest BCUT2D eigenvalue weighted by atomic mass is 16.2. The summed E-state index contributed by atoms with van der Waals surface area (Å²) in [6.45, 7) is 11.3. The zero-order valence-corrected chi connectivity index (χ0v) is 18.5. The second-order valence-corrected chi connectivity index (χ2v) is 8.85. The molecule has 2 fully saturated rings. The Morgan fingerprint density at radius 1 is 0.867 bits per heavy atom. The molecule has 0 N–H and O–H groups in total. The number of hydrogen-bond acceptors (Lipinski definition) is 4. The third-order valence-corrected chi connectivity index (χ3v) is 6.55. The number of likely N-dealkylation sites (N-methyl/N-ethyl adjacent to an activating group) is 1. The minimum Gasteiger partial charge on any atom is -0.369 e. The highest BCUT2D eigenvalue weighted by Gasteiger charge is 2.31. The molecule has 2 aliphatic heterocycles. The third kappa shape index (κ3) is 4.52. The highest BCUT2D eigenvalue weighted by Crippen LogP contribution is 2.27. The van der Waals surface area contributed by atoms with E-state index in [0.29, 0.717) is 6.04 Å². The maximum atomic E-state index is 13.4. The van der Waals surface area contributed by atoms with Crippen molar-refractivity contribution in [1.29, 1.82) is 0 Å². The fourth-order valence-electron chi connectivity index (χ4n) is 4.60. The topological polar surface area (TPSA) is 30.0 Å². The minimum atomic E-state index is 0.0984. The number of carbonyl (C=O) groups excluding carboxylic acids is 1. The van der Waals surface area contributed by atoms with Gasteiger partial charge in [0.15, 0.2) is 0 Å². The number of amides is 1. The molecule has 1 atom stereocenters. The number of piperazine rings is 2. The third-order valence-electron chi connectivity index (χ3n) is 6.55. The van der Waals surface area contributed by atoms with Gasteiger partial charge in [0, 0.05) is 63.1 Å². The first kappa shape index (κ1) is 20.9. The van der Waals surface area contributed by atoms with E-state index in [2.05, 4.69) is 72.0 Å².